The second kappa shape index (κ2) is 10.3. The van der Waals surface area contributed by atoms with Crippen LogP contribution in [0.15, 0.2) is 54.6 Å². The highest BCUT2D eigenvalue weighted by Crippen LogP contribution is 2.06. The molecule has 134 valence electrons. The minimum atomic E-state index is -0.00870. The molecule has 2 aromatic carbocycles. The second-order valence-electron chi connectivity index (χ2n) is 6.44. The quantitative estimate of drug-likeness (QED) is 0.885. The lowest BCUT2D eigenvalue weighted by atomic mass is 10.1. The number of amides is 2. The molecule has 0 saturated heterocycles. The van der Waals surface area contributed by atoms with Gasteiger partial charge in [-0.3, -0.25) is 9.59 Å². The minimum absolute atomic E-state index is 0.00750. The van der Waals surface area contributed by atoms with Crippen molar-refractivity contribution in [1.29, 1.82) is 0 Å². The Morgan fingerprint density at radius 3 is 1.72 bits per heavy atom. The number of carbonyl (C=O) groups excluding carboxylic acids is 2. The summed E-state index contributed by atoms with van der Waals surface area (Å²) in [6, 6.07) is 17.2. The molecule has 0 unspecified atom stereocenters. The van der Waals surface area contributed by atoms with Crippen LogP contribution < -0.4 is 10.6 Å². The molecule has 0 saturated carbocycles. The van der Waals surface area contributed by atoms with E-state index >= 15 is 0 Å². The molecule has 0 atom stereocenters. The van der Waals surface area contributed by atoms with Crippen LogP contribution in [0.25, 0.3) is 0 Å². The third-order valence-electron chi connectivity index (χ3n) is 3.27. The SMILES string of the molecule is CC(C)NC(=O)c1ccccc1.Cc1ccccc1C(=O)NC(C)C. The summed E-state index contributed by atoms with van der Waals surface area (Å²) in [6.07, 6.45) is 0. The van der Waals surface area contributed by atoms with Crippen LogP contribution in [0.3, 0.4) is 0 Å². The van der Waals surface area contributed by atoms with Gasteiger partial charge in [-0.15, -0.1) is 0 Å². The van der Waals surface area contributed by atoms with Gasteiger partial charge in [-0.2, -0.15) is 0 Å². The van der Waals surface area contributed by atoms with E-state index in [2.05, 4.69) is 10.6 Å². The average Bonchev–Trinajstić information content (AvgIpc) is 2.55. The van der Waals surface area contributed by atoms with Crippen molar-refractivity contribution in [3.05, 3.63) is 71.3 Å². The van der Waals surface area contributed by atoms with Crippen molar-refractivity contribution in [2.45, 2.75) is 46.7 Å². The predicted octanol–water partition coefficient (Wildman–Crippen LogP) is 3.96. The highest BCUT2D eigenvalue weighted by atomic mass is 16.2. The van der Waals surface area contributed by atoms with E-state index in [1.165, 1.54) is 0 Å². The molecule has 0 aromatic heterocycles. The number of carbonyl (C=O) groups is 2. The molecule has 0 aliphatic heterocycles. The fourth-order valence-corrected chi connectivity index (χ4v) is 2.10. The predicted molar refractivity (Wildman–Crippen MR) is 103 cm³/mol. The second-order valence-corrected chi connectivity index (χ2v) is 6.44. The standard InChI is InChI=1S/C11H15NO.C10H13NO/c1-8(2)12-11(13)10-7-5-4-6-9(10)3;1-8(2)11-10(12)9-6-4-3-5-7-9/h4-8H,1-3H3,(H,12,13);3-8H,1-2H3,(H,11,12). The van der Waals surface area contributed by atoms with E-state index < -0.39 is 0 Å². The molecule has 2 amide bonds. The van der Waals surface area contributed by atoms with E-state index in [9.17, 15) is 9.59 Å². The van der Waals surface area contributed by atoms with Gasteiger partial charge < -0.3 is 10.6 Å². The van der Waals surface area contributed by atoms with Crippen LogP contribution in [-0.4, -0.2) is 23.9 Å². The van der Waals surface area contributed by atoms with Crippen molar-refractivity contribution in [2.24, 2.45) is 0 Å². The van der Waals surface area contributed by atoms with Crippen LogP contribution in [0.1, 0.15) is 54.0 Å². The highest BCUT2D eigenvalue weighted by Gasteiger charge is 2.08. The van der Waals surface area contributed by atoms with Crippen molar-refractivity contribution in [3.8, 4) is 0 Å². The van der Waals surface area contributed by atoms with Crippen molar-refractivity contribution in [2.75, 3.05) is 0 Å². The molecular formula is C21H28N2O2. The highest BCUT2D eigenvalue weighted by molar-refractivity contribution is 5.95. The van der Waals surface area contributed by atoms with Crippen LogP contribution in [0, 0.1) is 6.92 Å². The Morgan fingerprint density at radius 1 is 0.720 bits per heavy atom. The monoisotopic (exact) mass is 340 g/mol. The molecule has 2 aromatic rings. The molecule has 0 spiro atoms. The molecule has 0 aliphatic carbocycles. The Bertz CT molecular complexity index is 679. The molecule has 0 radical (unpaired) electrons. The fraction of sp³-hybridized carbons (Fsp3) is 0.333. The summed E-state index contributed by atoms with van der Waals surface area (Å²) in [7, 11) is 0. The van der Waals surface area contributed by atoms with Crippen LogP contribution in [0.5, 0.6) is 0 Å². The lowest BCUT2D eigenvalue weighted by Crippen LogP contribution is -2.30. The maximum atomic E-state index is 11.6. The summed E-state index contributed by atoms with van der Waals surface area (Å²) in [5.41, 5.74) is 2.49. The van der Waals surface area contributed by atoms with Gasteiger partial charge in [0, 0.05) is 23.2 Å². The van der Waals surface area contributed by atoms with E-state index in [0.717, 1.165) is 11.1 Å². The first kappa shape index (κ1) is 20.4. The third-order valence-corrected chi connectivity index (χ3v) is 3.27. The first-order valence-corrected chi connectivity index (χ1v) is 8.53. The average molecular weight is 340 g/mol. The zero-order chi connectivity index (χ0) is 18.8. The Labute approximate surface area is 150 Å². The van der Waals surface area contributed by atoms with Gasteiger partial charge >= 0.3 is 0 Å². The number of nitrogens with one attached hydrogen (secondary N) is 2. The molecule has 0 bridgehead atoms. The van der Waals surface area contributed by atoms with Crippen LogP contribution in [0.4, 0.5) is 0 Å². The molecule has 4 nitrogen and oxygen atoms in total. The summed E-state index contributed by atoms with van der Waals surface area (Å²) in [6.45, 7) is 9.74. The van der Waals surface area contributed by atoms with Gasteiger partial charge in [-0.05, 0) is 58.4 Å². The Balaban J connectivity index is 0.000000251. The summed E-state index contributed by atoms with van der Waals surface area (Å²) < 4.78 is 0. The van der Waals surface area contributed by atoms with Gasteiger partial charge in [0.2, 0.25) is 0 Å². The molecule has 2 rings (SSSR count). The van der Waals surface area contributed by atoms with Crippen molar-refractivity contribution < 1.29 is 9.59 Å². The van der Waals surface area contributed by atoms with E-state index in [1.54, 1.807) is 12.1 Å². The van der Waals surface area contributed by atoms with Gasteiger partial charge in [-0.1, -0.05) is 36.4 Å². The number of aryl methyl sites for hydroxylation is 1. The van der Waals surface area contributed by atoms with Gasteiger partial charge in [-0.25, -0.2) is 0 Å². The smallest absolute Gasteiger partial charge is 0.251 e. The number of hydrogen-bond acceptors (Lipinski definition) is 2. The number of rotatable bonds is 4. The number of hydrogen-bond donors (Lipinski definition) is 2. The Hall–Kier alpha value is -2.62. The lowest BCUT2D eigenvalue weighted by molar-refractivity contribution is 0.0934. The third kappa shape index (κ3) is 7.66. The molecule has 25 heavy (non-hydrogen) atoms. The van der Waals surface area contributed by atoms with E-state index in [1.807, 2.05) is 77.1 Å². The molecule has 2 N–H and O–H groups in total. The fourth-order valence-electron chi connectivity index (χ4n) is 2.10. The zero-order valence-corrected chi connectivity index (χ0v) is 15.7. The van der Waals surface area contributed by atoms with Crippen molar-refractivity contribution >= 4 is 11.8 Å². The van der Waals surface area contributed by atoms with Gasteiger partial charge in [0.15, 0.2) is 0 Å². The molecular weight excluding hydrogens is 312 g/mol. The van der Waals surface area contributed by atoms with Crippen LogP contribution >= 0.6 is 0 Å². The summed E-state index contributed by atoms with van der Waals surface area (Å²) in [5, 5.41) is 5.68. The van der Waals surface area contributed by atoms with Crippen LogP contribution in [-0.2, 0) is 0 Å². The lowest BCUT2D eigenvalue weighted by Gasteiger charge is -2.09. The van der Waals surface area contributed by atoms with Crippen molar-refractivity contribution in [3.63, 3.8) is 0 Å². The summed E-state index contributed by atoms with van der Waals surface area (Å²) in [4.78, 5) is 22.9. The zero-order valence-electron chi connectivity index (χ0n) is 15.7. The minimum Gasteiger partial charge on any atom is -0.350 e. The van der Waals surface area contributed by atoms with Gasteiger partial charge in [0.1, 0.15) is 0 Å². The summed E-state index contributed by atoms with van der Waals surface area (Å²) in [5.74, 6) is -0.00120. The van der Waals surface area contributed by atoms with Gasteiger partial charge in [0.05, 0.1) is 0 Å². The molecule has 4 heteroatoms. The summed E-state index contributed by atoms with van der Waals surface area (Å²) >= 11 is 0. The number of benzene rings is 2. The normalized spacial score (nSPS) is 10.0. The van der Waals surface area contributed by atoms with E-state index in [0.29, 0.717) is 5.56 Å². The van der Waals surface area contributed by atoms with E-state index in [4.69, 9.17) is 0 Å². The van der Waals surface area contributed by atoms with Crippen LogP contribution in [0.2, 0.25) is 0 Å². The molecule has 0 aliphatic rings. The maximum Gasteiger partial charge on any atom is 0.251 e. The van der Waals surface area contributed by atoms with Gasteiger partial charge in [0.25, 0.3) is 11.8 Å². The maximum absolute atomic E-state index is 11.6. The largest absolute Gasteiger partial charge is 0.350 e. The Morgan fingerprint density at radius 2 is 1.20 bits per heavy atom. The van der Waals surface area contributed by atoms with Crippen molar-refractivity contribution in [1.82, 2.24) is 10.6 Å². The van der Waals surface area contributed by atoms with E-state index in [-0.39, 0.29) is 23.9 Å². The molecule has 0 fully saturated rings. The Kier molecular flexibility index (Phi) is 8.40. The first-order valence-electron chi connectivity index (χ1n) is 8.53. The molecule has 0 heterocycles. The first-order chi connectivity index (χ1) is 11.8. The topological polar surface area (TPSA) is 58.2 Å².